The van der Waals surface area contributed by atoms with Gasteiger partial charge in [0, 0.05) is 16.7 Å². The Morgan fingerprint density at radius 3 is 2.56 bits per heavy atom. The van der Waals surface area contributed by atoms with Gasteiger partial charge in [-0.15, -0.1) is 0 Å². The van der Waals surface area contributed by atoms with Gasteiger partial charge in [0.1, 0.15) is 0 Å². The second kappa shape index (κ2) is 4.22. The first-order chi connectivity index (χ1) is 7.57. The highest BCUT2D eigenvalue weighted by molar-refractivity contribution is 6.30. The highest BCUT2D eigenvalue weighted by atomic mass is 35.5. The Labute approximate surface area is 99.0 Å². The molecule has 0 atom stereocenters. The molecule has 88 valence electrons. The first-order valence-electron chi connectivity index (χ1n) is 5.33. The van der Waals surface area contributed by atoms with Crippen molar-refractivity contribution in [1.82, 2.24) is 0 Å². The molecule has 0 spiro atoms. The van der Waals surface area contributed by atoms with Crippen molar-refractivity contribution in [2.75, 3.05) is 7.11 Å². The van der Waals surface area contributed by atoms with Gasteiger partial charge in [0.2, 0.25) is 0 Å². The fourth-order valence-electron chi connectivity index (χ4n) is 2.28. The lowest BCUT2D eigenvalue weighted by molar-refractivity contribution is 0.0403. The molecule has 0 heterocycles. The number of rotatable bonds is 2. The summed E-state index contributed by atoms with van der Waals surface area (Å²) < 4.78 is 18.9. The lowest BCUT2D eigenvalue weighted by Gasteiger charge is -2.24. The van der Waals surface area contributed by atoms with Crippen molar-refractivity contribution in [3.8, 4) is 5.75 Å². The summed E-state index contributed by atoms with van der Waals surface area (Å²) in [6.07, 6.45) is 2.97. The Hall–Kier alpha value is -0.800. The van der Waals surface area contributed by atoms with Crippen LogP contribution >= 0.6 is 11.6 Å². The third-order valence-electron chi connectivity index (χ3n) is 3.16. The summed E-state index contributed by atoms with van der Waals surface area (Å²) in [5.41, 5.74) is -0.822. The van der Waals surface area contributed by atoms with Gasteiger partial charge in [0.15, 0.2) is 11.6 Å². The van der Waals surface area contributed by atoms with E-state index in [2.05, 4.69) is 0 Å². The maximum Gasteiger partial charge on any atom is 0.171 e. The van der Waals surface area contributed by atoms with Crippen molar-refractivity contribution < 1.29 is 14.2 Å². The predicted octanol–water partition coefficient (Wildman–Crippen LogP) is 3.25. The minimum Gasteiger partial charge on any atom is -0.494 e. The molecule has 16 heavy (non-hydrogen) atoms. The molecule has 2 rings (SSSR count). The molecule has 1 aromatic carbocycles. The van der Waals surface area contributed by atoms with Crippen LogP contribution in [0.5, 0.6) is 5.75 Å². The van der Waals surface area contributed by atoms with Crippen LogP contribution in [0.1, 0.15) is 31.2 Å². The molecule has 0 amide bonds. The van der Waals surface area contributed by atoms with Gasteiger partial charge in [-0.25, -0.2) is 4.39 Å². The highest BCUT2D eigenvalue weighted by Crippen LogP contribution is 2.42. The molecule has 1 N–H and O–H groups in total. The van der Waals surface area contributed by atoms with Crippen molar-refractivity contribution in [2.45, 2.75) is 31.3 Å². The van der Waals surface area contributed by atoms with Crippen LogP contribution < -0.4 is 4.74 Å². The van der Waals surface area contributed by atoms with Gasteiger partial charge in [0.05, 0.1) is 12.7 Å². The van der Waals surface area contributed by atoms with E-state index in [9.17, 15) is 9.50 Å². The number of hydrogen-bond donors (Lipinski definition) is 1. The van der Waals surface area contributed by atoms with Gasteiger partial charge in [0.25, 0.3) is 0 Å². The van der Waals surface area contributed by atoms with Crippen molar-refractivity contribution in [1.29, 1.82) is 0 Å². The molecule has 4 heteroatoms. The highest BCUT2D eigenvalue weighted by Gasteiger charge is 2.36. The monoisotopic (exact) mass is 244 g/mol. The van der Waals surface area contributed by atoms with Gasteiger partial charge in [-0.1, -0.05) is 24.4 Å². The van der Waals surface area contributed by atoms with Gasteiger partial charge < -0.3 is 9.84 Å². The largest absolute Gasteiger partial charge is 0.494 e. The molecule has 1 aliphatic carbocycles. The SMILES string of the molecule is COc1cc(Cl)cc(C2(O)CCCC2)c1F. The summed E-state index contributed by atoms with van der Waals surface area (Å²) in [5.74, 6) is -0.417. The van der Waals surface area contributed by atoms with E-state index in [0.717, 1.165) is 12.8 Å². The molecule has 1 saturated carbocycles. The quantitative estimate of drug-likeness (QED) is 0.865. The third-order valence-corrected chi connectivity index (χ3v) is 3.37. The van der Waals surface area contributed by atoms with Gasteiger partial charge >= 0.3 is 0 Å². The molecule has 1 aromatic rings. The Morgan fingerprint density at radius 2 is 2.00 bits per heavy atom. The summed E-state index contributed by atoms with van der Waals surface area (Å²) in [6.45, 7) is 0. The molecule has 0 aliphatic heterocycles. The fourth-order valence-corrected chi connectivity index (χ4v) is 2.49. The second-order valence-corrected chi connectivity index (χ2v) is 4.64. The molecule has 1 fully saturated rings. The minimum atomic E-state index is -1.08. The van der Waals surface area contributed by atoms with Gasteiger partial charge in [-0.3, -0.25) is 0 Å². The van der Waals surface area contributed by atoms with E-state index in [0.29, 0.717) is 17.9 Å². The van der Waals surface area contributed by atoms with Crippen molar-refractivity contribution in [3.05, 3.63) is 28.5 Å². The lowest BCUT2D eigenvalue weighted by atomic mass is 9.91. The molecule has 0 bridgehead atoms. The molecular weight excluding hydrogens is 231 g/mol. The van der Waals surface area contributed by atoms with Crippen LogP contribution in [0.2, 0.25) is 5.02 Å². The zero-order valence-corrected chi connectivity index (χ0v) is 9.85. The maximum absolute atomic E-state index is 14.0. The van der Waals surface area contributed by atoms with Crippen LogP contribution in [-0.4, -0.2) is 12.2 Å². The van der Waals surface area contributed by atoms with Crippen LogP contribution in [0.4, 0.5) is 4.39 Å². The van der Waals surface area contributed by atoms with E-state index in [1.165, 1.54) is 19.2 Å². The van der Waals surface area contributed by atoms with E-state index >= 15 is 0 Å². The van der Waals surface area contributed by atoms with Crippen molar-refractivity contribution >= 4 is 11.6 Å². The zero-order chi connectivity index (χ0) is 11.8. The van der Waals surface area contributed by atoms with Crippen LogP contribution in [-0.2, 0) is 5.60 Å². The fraction of sp³-hybridized carbons (Fsp3) is 0.500. The smallest absolute Gasteiger partial charge is 0.171 e. The summed E-state index contributed by atoms with van der Waals surface area (Å²) in [5, 5.41) is 10.7. The number of halogens is 2. The standard InChI is InChI=1S/C12H14ClFO2/c1-16-10-7-8(13)6-9(11(10)14)12(15)4-2-3-5-12/h6-7,15H,2-5H2,1H3. The first kappa shape index (κ1) is 11.7. The second-order valence-electron chi connectivity index (χ2n) is 4.21. The summed E-state index contributed by atoms with van der Waals surface area (Å²) in [4.78, 5) is 0. The zero-order valence-electron chi connectivity index (χ0n) is 9.09. The molecule has 1 aliphatic rings. The predicted molar refractivity (Wildman–Crippen MR) is 60.3 cm³/mol. The summed E-state index contributed by atoms with van der Waals surface area (Å²) in [6, 6.07) is 2.91. The van der Waals surface area contributed by atoms with Gasteiger partial charge in [-0.2, -0.15) is 0 Å². The normalized spacial score (nSPS) is 18.8. The summed E-state index contributed by atoms with van der Waals surface area (Å²) >= 11 is 5.88. The van der Waals surface area contributed by atoms with Crippen LogP contribution in [0, 0.1) is 5.82 Å². The van der Waals surface area contributed by atoms with E-state index in [1.807, 2.05) is 0 Å². The van der Waals surface area contributed by atoms with Crippen molar-refractivity contribution in [3.63, 3.8) is 0 Å². The maximum atomic E-state index is 14.0. The van der Waals surface area contributed by atoms with E-state index in [1.54, 1.807) is 0 Å². The number of aliphatic hydroxyl groups is 1. The molecule has 0 saturated heterocycles. The average molecular weight is 245 g/mol. The lowest BCUT2D eigenvalue weighted by Crippen LogP contribution is -2.22. The van der Waals surface area contributed by atoms with Crippen LogP contribution in [0.3, 0.4) is 0 Å². The molecule has 2 nitrogen and oxygen atoms in total. The first-order valence-corrected chi connectivity index (χ1v) is 5.70. The Morgan fingerprint density at radius 1 is 1.38 bits per heavy atom. The van der Waals surface area contributed by atoms with Crippen molar-refractivity contribution in [2.24, 2.45) is 0 Å². The topological polar surface area (TPSA) is 29.5 Å². The minimum absolute atomic E-state index is 0.0859. The van der Waals surface area contributed by atoms with Crippen LogP contribution in [0.25, 0.3) is 0 Å². The number of methoxy groups -OCH3 is 1. The Kier molecular flexibility index (Phi) is 3.08. The number of hydrogen-bond acceptors (Lipinski definition) is 2. The van der Waals surface area contributed by atoms with E-state index in [4.69, 9.17) is 16.3 Å². The molecule has 0 radical (unpaired) electrons. The number of ether oxygens (including phenoxy) is 1. The Balaban J connectivity index is 2.51. The third kappa shape index (κ3) is 1.89. The average Bonchev–Trinajstić information content (AvgIpc) is 2.69. The molecular formula is C12H14ClFO2. The summed E-state index contributed by atoms with van der Waals surface area (Å²) in [7, 11) is 1.39. The Bertz CT molecular complexity index is 400. The van der Waals surface area contributed by atoms with E-state index < -0.39 is 11.4 Å². The van der Waals surface area contributed by atoms with Crippen LogP contribution in [0.15, 0.2) is 12.1 Å². The van der Waals surface area contributed by atoms with Gasteiger partial charge in [-0.05, 0) is 18.9 Å². The molecule has 0 aromatic heterocycles. The van der Waals surface area contributed by atoms with E-state index in [-0.39, 0.29) is 11.3 Å². The molecule has 0 unspecified atom stereocenters. The number of benzene rings is 1.